The lowest BCUT2D eigenvalue weighted by molar-refractivity contribution is 0.0911. The van der Waals surface area contributed by atoms with Gasteiger partial charge in [-0.1, -0.05) is 30.3 Å². The van der Waals surface area contributed by atoms with Crippen LogP contribution < -0.4 is 5.32 Å². The second-order valence-corrected chi connectivity index (χ2v) is 8.61. The van der Waals surface area contributed by atoms with Crippen molar-refractivity contribution in [3.05, 3.63) is 56.7 Å². The number of amides is 1. The van der Waals surface area contributed by atoms with E-state index in [4.69, 9.17) is 0 Å². The monoisotopic (exact) mass is 407 g/mol. The van der Waals surface area contributed by atoms with E-state index >= 15 is 0 Å². The van der Waals surface area contributed by atoms with Crippen molar-refractivity contribution in [3.8, 4) is 0 Å². The number of benzene rings is 1. The third-order valence-corrected chi connectivity index (χ3v) is 5.96. The molecule has 1 aliphatic rings. The van der Waals surface area contributed by atoms with E-state index < -0.39 is 0 Å². The highest BCUT2D eigenvalue weighted by molar-refractivity contribution is 9.11. The summed E-state index contributed by atoms with van der Waals surface area (Å²) in [6.07, 6.45) is 0. The fourth-order valence-corrected chi connectivity index (χ4v) is 4.16. The molecule has 0 saturated carbocycles. The van der Waals surface area contributed by atoms with Crippen LogP contribution in [-0.4, -0.2) is 55.5 Å². The van der Waals surface area contributed by atoms with Gasteiger partial charge in [0, 0.05) is 32.7 Å². The largest absolute Gasteiger partial charge is 0.343 e. The zero-order valence-corrected chi connectivity index (χ0v) is 16.1. The molecule has 6 heteroatoms. The molecule has 1 atom stereocenters. The van der Waals surface area contributed by atoms with Gasteiger partial charge in [0.2, 0.25) is 0 Å². The standard InChI is InChI=1S/C18H22BrN3OS/c1-21-9-11-22(12-10-21)13-15(14-5-3-2-4-6-14)20-18(23)16-7-8-17(19)24-16/h2-8,15H,9-13H2,1H3,(H,20,23). The number of thiophene rings is 1. The van der Waals surface area contributed by atoms with Gasteiger partial charge in [-0.15, -0.1) is 11.3 Å². The predicted octanol–water partition coefficient (Wildman–Crippen LogP) is 3.23. The van der Waals surface area contributed by atoms with Crippen LogP contribution in [-0.2, 0) is 0 Å². The van der Waals surface area contributed by atoms with Gasteiger partial charge in [0.15, 0.2) is 0 Å². The van der Waals surface area contributed by atoms with Crippen LogP contribution in [0.2, 0.25) is 0 Å². The Morgan fingerprint density at radius 2 is 1.88 bits per heavy atom. The predicted molar refractivity (Wildman–Crippen MR) is 103 cm³/mol. The third-order valence-electron chi connectivity index (χ3n) is 4.34. The van der Waals surface area contributed by atoms with Gasteiger partial charge in [0.25, 0.3) is 5.91 Å². The first kappa shape index (κ1) is 17.6. The summed E-state index contributed by atoms with van der Waals surface area (Å²) in [5.41, 5.74) is 1.15. The van der Waals surface area contributed by atoms with E-state index in [0.29, 0.717) is 0 Å². The van der Waals surface area contributed by atoms with Gasteiger partial charge < -0.3 is 10.2 Å². The van der Waals surface area contributed by atoms with Gasteiger partial charge in [-0.3, -0.25) is 9.69 Å². The highest BCUT2D eigenvalue weighted by Crippen LogP contribution is 2.23. The molecule has 2 aromatic rings. The molecule has 0 bridgehead atoms. The molecular formula is C18H22BrN3OS. The Morgan fingerprint density at radius 3 is 2.50 bits per heavy atom. The first-order valence-corrected chi connectivity index (χ1v) is 9.75. The smallest absolute Gasteiger partial charge is 0.261 e. The molecule has 1 N–H and O–H groups in total. The third kappa shape index (κ3) is 4.66. The molecular weight excluding hydrogens is 386 g/mol. The molecule has 1 saturated heterocycles. The summed E-state index contributed by atoms with van der Waals surface area (Å²) in [6, 6.07) is 14.0. The molecule has 1 amide bonds. The van der Waals surface area contributed by atoms with Crippen LogP contribution in [0.4, 0.5) is 0 Å². The van der Waals surface area contributed by atoms with Crippen LogP contribution in [0.5, 0.6) is 0 Å². The Balaban J connectivity index is 1.71. The molecule has 1 aromatic carbocycles. The Labute approximate surface area is 155 Å². The van der Waals surface area contributed by atoms with Crippen molar-refractivity contribution in [2.45, 2.75) is 6.04 Å². The van der Waals surface area contributed by atoms with Gasteiger partial charge in [0.05, 0.1) is 14.7 Å². The fraction of sp³-hybridized carbons (Fsp3) is 0.389. The topological polar surface area (TPSA) is 35.6 Å². The van der Waals surface area contributed by atoms with E-state index in [1.165, 1.54) is 11.3 Å². The quantitative estimate of drug-likeness (QED) is 0.825. The number of nitrogens with one attached hydrogen (secondary N) is 1. The van der Waals surface area contributed by atoms with Crippen LogP contribution in [0.15, 0.2) is 46.3 Å². The van der Waals surface area contributed by atoms with E-state index in [0.717, 1.165) is 47.0 Å². The molecule has 0 radical (unpaired) electrons. The summed E-state index contributed by atoms with van der Waals surface area (Å²) < 4.78 is 0.975. The van der Waals surface area contributed by atoms with Crippen molar-refractivity contribution >= 4 is 33.2 Å². The normalized spacial score (nSPS) is 17.6. The van der Waals surface area contributed by atoms with Crippen molar-refractivity contribution in [1.82, 2.24) is 15.1 Å². The zero-order chi connectivity index (χ0) is 16.9. The number of piperazine rings is 1. The number of hydrogen-bond acceptors (Lipinski definition) is 4. The molecule has 1 aliphatic heterocycles. The van der Waals surface area contributed by atoms with Gasteiger partial charge >= 0.3 is 0 Å². The molecule has 1 unspecified atom stereocenters. The Morgan fingerprint density at radius 1 is 1.17 bits per heavy atom. The zero-order valence-electron chi connectivity index (χ0n) is 13.7. The molecule has 1 fully saturated rings. The Bertz CT molecular complexity index is 668. The highest BCUT2D eigenvalue weighted by Gasteiger charge is 2.22. The SMILES string of the molecule is CN1CCN(CC(NC(=O)c2ccc(Br)s2)c2ccccc2)CC1. The van der Waals surface area contributed by atoms with Crippen LogP contribution >= 0.6 is 27.3 Å². The minimum atomic E-state index is -0.00585. The molecule has 0 aliphatic carbocycles. The van der Waals surface area contributed by atoms with Crippen LogP contribution in [0, 0.1) is 0 Å². The van der Waals surface area contributed by atoms with Crippen molar-refractivity contribution in [2.24, 2.45) is 0 Å². The van der Waals surface area contributed by atoms with E-state index in [2.05, 4.69) is 50.2 Å². The average Bonchev–Trinajstić information content (AvgIpc) is 3.03. The maximum absolute atomic E-state index is 12.6. The van der Waals surface area contributed by atoms with E-state index in [9.17, 15) is 4.79 Å². The Kier molecular flexibility index (Phi) is 6.05. The van der Waals surface area contributed by atoms with Crippen LogP contribution in [0.1, 0.15) is 21.3 Å². The van der Waals surface area contributed by atoms with E-state index in [-0.39, 0.29) is 11.9 Å². The lowest BCUT2D eigenvalue weighted by Gasteiger charge is -2.35. The van der Waals surface area contributed by atoms with Gasteiger partial charge in [-0.2, -0.15) is 0 Å². The van der Waals surface area contributed by atoms with Crippen molar-refractivity contribution in [3.63, 3.8) is 0 Å². The fourth-order valence-electron chi connectivity index (χ4n) is 2.87. The summed E-state index contributed by atoms with van der Waals surface area (Å²) in [4.78, 5) is 18.1. The van der Waals surface area contributed by atoms with Crippen LogP contribution in [0.25, 0.3) is 0 Å². The number of rotatable bonds is 5. The first-order valence-electron chi connectivity index (χ1n) is 8.14. The molecule has 2 heterocycles. The summed E-state index contributed by atoms with van der Waals surface area (Å²) >= 11 is 4.89. The molecule has 1 aromatic heterocycles. The van der Waals surface area contributed by atoms with Crippen LogP contribution in [0.3, 0.4) is 0 Å². The molecule has 0 spiro atoms. The molecule has 128 valence electrons. The van der Waals surface area contributed by atoms with E-state index in [1.54, 1.807) is 0 Å². The summed E-state index contributed by atoms with van der Waals surface area (Å²) in [7, 11) is 2.16. The summed E-state index contributed by atoms with van der Waals surface area (Å²) in [5, 5.41) is 3.22. The minimum Gasteiger partial charge on any atom is -0.343 e. The highest BCUT2D eigenvalue weighted by atomic mass is 79.9. The number of hydrogen-bond donors (Lipinski definition) is 1. The van der Waals surface area contributed by atoms with Crippen molar-refractivity contribution < 1.29 is 4.79 Å². The number of likely N-dealkylation sites (N-methyl/N-ethyl adjacent to an activating group) is 1. The molecule has 24 heavy (non-hydrogen) atoms. The molecule has 3 rings (SSSR count). The average molecular weight is 408 g/mol. The van der Waals surface area contributed by atoms with Gasteiger partial charge in [0.1, 0.15) is 0 Å². The lowest BCUT2D eigenvalue weighted by atomic mass is 10.1. The van der Waals surface area contributed by atoms with Gasteiger partial charge in [-0.05, 0) is 40.7 Å². The first-order chi connectivity index (χ1) is 11.6. The van der Waals surface area contributed by atoms with E-state index in [1.807, 2.05) is 30.3 Å². The second kappa shape index (κ2) is 8.25. The Hall–Kier alpha value is -1.21. The number of nitrogens with zero attached hydrogens (tertiary/aromatic N) is 2. The minimum absolute atomic E-state index is 0.00276. The maximum Gasteiger partial charge on any atom is 0.261 e. The molecule has 4 nitrogen and oxygen atoms in total. The lowest BCUT2D eigenvalue weighted by Crippen LogP contribution is -2.47. The van der Waals surface area contributed by atoms with Crippen molar-refractivity contribution in [2.75, 3.05) is 39.8 Å². The number of halogens is 1. The second-order valence-electron chi connectivity index (χ2n) is 6.14. The van der Waals surface area contributed by atoms with Gasteiger partial charge in [-0.25, -0.2) is 0 Å². The summed E-state index contributed by atoms with van der Waals surface area (Å²) in [5.74, 6) is -0.00585. The maximum atomic E-state index is 12.6. The number of carbonyl (C=O) groups is 1. The van der Waals surface area contributed by atoms with Crippen molar-refractivity contribution in [1.29, 1.82) is 0 Å². The summed E-state index contributed by atoms with van der Waals surface area (Å²) in [6.45, 7) is 5.08. The number of carbonyl (C=O) groups excluding carboxylic acids is 1.